The molecule has 0 aromatic carbocycles. The minimum atomic E-state index is -4.43. The molecule has 0 rings (SSSR count). The Bertz CT molecular complexity index is 1090. The van der Waals surface area contributed by atoms with Gasteiger partial charge >= 0.3 is 13.8 Å². The maximum Gasteiger partial charge on any atom is 0.472 e. The van der Waals surface area contributed by atoms with E-state index in [0.29, 0.717) is 12.8 Å². The summed E-state index contributed by atoms with van der Waals surface area (Å²) in [6.07, 6.45) is 48.7. The summed E-state index contributed by atoms with van der Waals surface area (Å²) in [7, 11) is -4.43. The van der Waals surface area contributed by atoms with Crippen molar-refractivity contribution in [3.8, 4) is 0 Å². The Morgan fingerprint density at radius 3 is 1.60 bits per heavy atom. The number of ether oxygens (including phenoxy) is 1. The van der Waals surface area contributed by atoms with Gasteiger partial charge in [0.15, 0.2) is 0 Å². The molecule has 9 nitrogen and oxygen atoms in total. The van der Waals surface area contributed by atoms with Crippen molar-refractivity contribution in [1.29, 1.82) is 0 Å². The Balaban J connectivity index is 3.64. The third-order valence-electron chi connectivity index (χ3n) is 8.93. The standard InChI is InChI=1S/C45H80NO8P/c1-3-5-7-9-11-13-15-17-19-20-21-22-24-25-27-29-31-33-35-37-44(48)46-39-40-53-55(50,51)54-42-43(47)41-52-45(49)38-36-34-32-30-28-26-23-18-16-14-12-10-8-6-4-2/h6,8,12,14,17-19,23,28,30,43,47H,3-5,7,9-11,13,15-16,20-22,24-27,29,31-42H2,1-2H3,(H,46,48)(H,50,51)/b8-6-,14-12-,19-17+,23-18-,30-28-. The van der Waals surface area contributed by atoms with Crippen molar-refractivity contribution in [2.45, 2.75) is 187 Å². The molecular formula is C45H80NO8P. The van der Waals surface area contributed by atoms with Crippen LogP contribution in [0.25, 0.3) is 0 Å². The third-order valence-corrected chi connectivity index (χ3v) is 9.92. The van der Waals surface area contributed by atoms with Crippen molar-refractivity contribution >= 4 is 19.7 Å². The van der Waals surface area contributed by atoms with E-state index in [2.05, 4.69) is 79.9 Å². The van der Waals surface area contributed by atoms with Crippen molar-refractivity contribution in [2.24, 2.45) is 0 Å². The molecule has 0 aliphatic heterocycles. The fraction of sp³-hybridized carbons (Fsp3) is 0.733. The molecule has 1 amide bonds. The first-order valence-electron chi connectivity index (χ1n) is 21.8. The number of esters is 1. The lowest BCUT2D eigenvalue weighted by Gasteiger charge is -2.15. The number of rotatable bonds is 40. The lowest BCUT2D eigenvalue weighted by Crippen LogP contribution is -2.27. The normalized spacial score (nSPS) is 13.9. The van der Waals surface area contributed by atoms with Gasteiger partial charge in [0.1, 0.15) is 12.7 Å². The highest BCUT2D eigenvalue weighted by Crippen LogP contribution is 2.42. The number of carbonyl (C=O) groups excluding carboxylic acids is 2. The maximum absolute atomic E-state index is 12.1. The molecule has 0 aromatic heterocycles. The number of nitrogens with one attached hydrogen (secondary N) is 1. The average molecular weight is 794 g/mol. The zero-order chi connectivity index (χ0) is 40.3. The predicted octanol–water partition coefficient (Wildman–Crippen LogP) is 12.1. The molecule has 0 radical (unpaired) electrons. The summed E-state index contributed by atoms with van der Waals surface area (Å²) in [5.41, 5.74) is 0. The number of aliphatic hydroxyl groups is 1. The molecule has 3 N–H and O–H groups in total. The van der Waals surface area contributed by atoms with E-state index in [1.807, 2.05) is 0 Å². The summed E-state index contributed by atoms with van der Waals surface area (Å²) < 4.78 is 26.8. The molecule has 0 saturated heterocycles. The van der Waals surface area contributed by atoms with Crippen LogP contribution in [0.15, 0.2) is 60.8 Å². The van der Waals surface area contributed by atoms with Gasteiger partial charge < -0.3 is 20.1 Å². The Morgan fingerprint density at radius 2 is 1.04 bits per heavy atom. The van der Waals surface area contributed by atoms with Crippen LogP contribution in [0.4, 0.5) is 0 Å². The zero-order valence-electron chi connectivity index (χ0n) is 34.9. The third kappa shape index (κ3) is 42.7. The first-order valence-corrected chi connectivity index (χ1v) is 23.3. The second kappa shape index (κ2) is 41.3. The number of carbonyl (C=O) groups is 2. The van der Waals surface area contributed by atoms with Gasteiger partial charge in [0.2, 0.25) is 5.91 Å². The molecule has 0 heterocycles. The zero-order valence-corrected chi connectivity index (χ0v) is 35.7. The van der Waals surface area contributed by atoms with Gasteiger partial charge in [-0.1, -0.05) is 152 Å². The molecule has 0 saturated carbocycles. The minimum absolute atomic E-state index is 0.0735. The van der Waals surface area contributed by atoms with Crippen LogP contribution in [0.3, 0.4) is 0 Å². The fourth-order valence-corrected chi connectivity index (χ4v) is 6.42. The summed E-state index contributed by atoms with van der Waals surface area (Å²) in [4.78, 5) is 33.9. The molecule has 2 unspecified atom stereocenters. The molecule has 0 bridgehead atoms. The van der Waals surface area contributed by atoms with E-state index >= 15 is 0 Å². The van der Waals surface area contributed by atoms with Crippen LogP contribution < -0.4 is 5.32 Å². The van der Waals surface area contributed by atoms with Crippen LogP contribution in [-0.4, -0.2) is 54.3 Å². The molecule has 0 fully saturated rings. The second-order valence-corrected chi connectivity index (χ2v) is 15.7. The lowest BCUT2D eigenvalue weighted by molar-refractivity contribution is -0.147. The van der Waals surface area contributed by atoms with Gasteiger partial charge in [-0.2, -0.15) is 0 Å². The smallest absolute Gasteiger partial charge is 0.463 e. The van der Waals surface area contributed by atoms with Crippen LogP contribution in [0.2, 0.25) is 0 Å². The Labute approximate surface area is 336 Å². The number of hydrogen-bond acceptors (Lipinski definition) is 7. The van der Waals surface area contributed by atoms with E-state index in [-0.39, 0.29) is 32.1 Å². The highest BCUT2D eigenvalue weighted by molar-refractivity contribution is 7.47. The molecule has 2 atom stereocenters. The van der Waals surface area contributed by atoms with Crippen LogP contribution in [0.5, 0.6) is 0 Å². The van der Waals surface area contributed by atoms with E-state index in [4.69, 9.17) is 13.8 Å². The first-order chi connectivity index (χ1) is 26.8. The number of phosphoric ester groups is 1. The van der Waals surface area contributed by atoms with Crippen molar-refractivity contribution in [3.05, 3.63) is 60.8 Å². The van der Waals surface area contributed by atoms with Gasteiger partial charge in [-0.05, 0) is 77.0 Å². The quantitative estimate of drug-likeness (QED) is 0.0242. The minimum Gasteiger partial charge on any atom is -0.463 e. The monoisotopic (exact) mass is 794 g/mol. The van der Waals surface area contributed by atoms with Gasteiger partial charge in [-0.3, -0.25) is 18.6 Å². The van der Waals surface area contributed by atoms with Crippen LogP contribution in [0.1, 0.15) is 181 Å². The number of unbranched alkanes of at least 4 members (excludes halogenated alkanes) is 17. The molecule has 318 valence electrons. The first kappa shape index (κ1) is 52.7. The van der Waals surface area contributed by atoms with Crippen molar-refractivity contribution in [2.75, 3.05) is 26.4 Å². The summed E-state index contributed by atoms with van der Waals surface area (Å²) in [5.74, 6) is -0.563. The highest BCUT2D eigenvalue weighted by Gasteiger charge is 2.23. The van der Waals surface area contributed by atoms with Gasteiger partial charge in [0.05, 0.1) is 13.2 Å². The Morgan fingerprint density at radius 1 is 0.582 bits per heavy atom. The van der Waals surface area contributed by atoms with Crippen LogP contribution in [0, 0.1) is 0 Å². The number of hydrogen-bond donors (Lipinski definition) is 3. The van der Waals surface area contributed by atoms with Gasteiger partial charge in [-0.15, -0.1) is 0 Å². The number of amides is 1. The summed E-state index contributed by atoms with van der Waals surface area (Å²) in [6, 6.07) is 0. The summed E-state index contributed by atoms with van der Waals surface area (Å²) in [5, 5.41) is 12.7. The van der Waals surface area contributed by atoms with Crippen LogP contribution >= 0.6 is 7.82 Å². The largest absolute Gasteiger partial charge is 0.472 e. The Hall–Kier alpha value is -2.29. The summed E-state index contributed by atoms with van der Waals surface area (Å²) >= 11 is 0. The van der Waals surface area contributed by atoms with Gasteiger partial charge in [0.25, 0.3) is 0 Å². The van der Waals surface area contributed by atoms with E-state index in [1.54, 1.807) is 0 Å². The molecule has 0 aliphatic rings. The summed E-state index contributed by atoms with van der Waals surface area (Å²) in [6.45, 7) is 3.38. The van der Waals surface area contributed by atoms with Crippen LogP contribution in [-0.2, 0) is 27.9 Å². The van der Waals surface area contributed by atoms with Crippen molar-refractivity contribution in [3.63, 3.8) is 0 Å². The maximum atomic E-state index is 12.1. The molecule has 55 heavy (non-hydrogen) atoms. The molecule has 10 heteroatoms. The molecular weight excluding hydrogens is 713 g/mol. The Kier molecular flexibility index (Phi) is 39.6. The van der Waals surface area contributed by atoms with Crippen molar-refractivity contribution < 1.29 is 37.9 Å². The van der Waals surface area contributed by atoms with E-state index in [1.165, 1.54) is 89.9 Å². The molecule has 0 spiro atoms. The van der Waals surface area contributed by atoms with E-state index in [9.17, 15) is 24.2 Å². The van der Waals surface area contributed by atoms with Crippen molar-refractivity contribution in [1.82, 2.24) is 5.32 Å². The van der Waals surface area contributed by atoms with E-state index in [0.717, 1.165) is 57.8 Å². The molecule has 0 aliphatic carbocycles. The average Bonchev–Trinajstić information content (AvgIpc) is 3.17. The molecule has 0 aromatic rings. The van der Waals surface area contributed by atoms with Gasteiger partial charge in [-0.25, -0.2) is 4.57 Å². The topological polar surface area (TPSA) is 131 Å². The lowest BCUT2D eigenvalue weighted by atomic mass is 10.1. The number of aliphatic hydroxyl groups excluding tert-OH is 1. The van der Waals surface area contributed by atoms with E-state index < -0.39 is 26.5 Å². The number of phosphoric acid groups is 1. The SMILES string of the molecule is CC/C=C\C/C=C\C/C=C\C/C=C\CCCCC(=O)OCC(O)COP(=O)(O)OCCNC(=O)CCCCCCCCCCC/C=C/CCCCCCCC. The fourth-order valence-electron chi connectivity index (χ4n) is 5.66. The predicted molar refractivity (Wildman–Crippen MR) is 229 cm³/mol. The second-order valence-electron chi connectivity index (χ2n) is 14.3. The number of allylic oxidation sites excluding steroid dienone is 10. The highest BCUT2D eigenvalue weighted by atomic mass is 31.2. The van der Waals surface area contributed by atoms with Gasteiger partial charge in [0, 0.05) is 19.4 Å².